The molecule has 0 unspecified atom stereocenters. The summed E-state index contributed by atoms with van der Waals surface area (Å²) in [6, 6.07) is 15.8. The summed E-state index contributed by atoms with van der Waals surface area (Å²) in [6.45, 7) is 0.580. The first-order valence-electron chi connectivity index (χ1n) is 8.46. The molecule has 0 aliphatic rings. The van der Waals surface area contributed by atoms with Crippen LogP contribution in [-0.4, -0.2) is 52.2 Å². The maximum absolute atomic E-state index is 12.5. The number of carbonyl (C=O) groups excluding carboxylic acids is 1. The van der Waals surface area contributed by atoms with Crippen molar-refractivity contribution in [1.29, 1.82) is 0 Å². The first-order chi connectivity index (χ1) is 12.9. The molecule has 0 saturated heterocycles. The molecule has 1 amide bonds. The fraction of sp³-hybridized carbons (Fsp3) is 0.263. The third-order valence-corrected chi connectivity index (χ3v) is 4.66. The Morgan fingerprint density at radius 1 is 1.04 bits per heavy atom. The molecule has 140 valence electrons. The summed E-state index contributed by atoms with van der Waals surface area (Å²) in [6.07, 6.45) is 0. The third kappa shape index (κ3) is 4.91. The second kappa shape index (κ2) is 8.30. The van der Waals surface area contributed by atoms with Crippen LogP contribution in [0.2, 0.25) is 0 Å². The van der Waals surface area contributed by atoms with Gasteiger partial charge in [0.15, 0.2) is 0 Å². The number of carbonyl (C=O) groups is 1. The summed E-state index contributed by atoms with van der Waals surface area (Å²) in [7, 11) is 5.77. The lowest BCUT2D eigenvalue weighted by Gasteiger charge is -2.18. The number of aromatic nitrogens is 4. The molecular formula is C19H21BrN6O. The summed E-state index contributed by atoms with van der Waals surface area (Å²) in [5, 5.41) is 12.3. The number of rotatable bonds is 6. The summed E-state index contributed by atoms with van der Waals surface area (Å²) in [4.78, 5) is 17.5. The Hall–Kier alpha value is -2.74. The summed E-state index contributed by atoms with van der Waals surface area (Å²) >= 11 is 3.40. The minimum absolute atomic E-state index is 0.0514. The van der Waals surface area contributed by atoms with E-state index in [0.29, 0.717) is 12.4 Å². The molecule has 2 aromatic carbocycles. The highest BCUT2D eigenvalue weighted by Gasteiger charge is 2.13. The van der Waals surface area contributed by atoms with Crippen molar-refractivity contribution in [2.75, 3.05) is 26.0 Å². The average molecular weight is 429 g/mol. The minimum Gasteiger partial charge on any atom is -0.378 e. The zero-order chi connectivity index (χ0) is 19.4. The predicted molar refractivity (Wildman–Crippen MR) is 108 cm³/mol. The van der Waals surface area contributed by atoms with E-state index in [-0.39, 0.29) is 12.5 Å². The average Bonchev–Trinajstić information content (AvgIpc) is 3.11. The molecule has 0 bridgehead atoms. The van der Waals surface area contributed by atoms with Crippen LogP contribution in [0.5, 0.6) is 0 Å². The molecule has 0 saturated carbocycles. The number of amides is 1. The van der Waals surface area contributed by atoms with Crippen LogP contribution in [0.4, 0.5) is 5.69 Å². The minimum atomic E-state index is -0.0774. The predicted octanol–water partition coefficient (Wildman–Crippen LogP) is 2.83. The molecule has 8 heteroatoms. The van der Waals surface area contributed by atoms with Gasteiger partial charge in [0, 0.05) is 43.4 Å². The van der Waals surface area contributed by atoms with Crippen LogP contribution in [0.3, 0.4) is 0 Å². The molecule has 0 aliphatic heterocycles. The van der Waals surface area contributed by atoms with E-state index in [4.69, 9.17) is 0 Å². The van der Waals surface area contributed by atoms with E-state index in [2.05, 4.69) is 31.3 Å². The zero-order valence-electron chi connectivity index (χ0n) is 15.5. The molecule has 7 nitrogen and oxygen atoms in total. The zero-order valence-corrected chi connectivity index (χ0v) is 17.1. The van der Waals surface area contributed by atoms with E-state index in [9.17, 15) is 4.79 Å². The molecule has 0 spiro atoms. The molecule has 27 heavy (non-hydrogen) atoms. The van der Waals surface area contributed by atoms with Crippen LogP contribution < -0.4 is 4.90 Å². The summed E-state index contributed by atoms with van der Waals surface area (Å²) in [5.74, 6) is 0.420. The van der Waals surface area contributed by atoms with Gasteiger partial charge in [0.1, 0.15) is 6.54 Å². The topological polar surface area (TPSA) is 67.2 Å². The Kier molecular flexibility index (Phi) is 5.85. The van der Waals surface area contributed by atoms with E-state index < -0.39 is 0 Å². The summed E-state index contributed by atoms with van der Waals surface area (Å²) < 4.78 is 0.981. The van der Waals surface area contributed by atoms with E-state index in [1.807, 2.05) is 67.5 Å². The fourth-order valence-corrected chi connectivity index (χ4v) is 2.79. The second-order valence-corrected chi connectivity index (χ2v) is 7.38. The molecule has 3 aromatic rings. The van der Waals surface area contributed by atoms with Crippen LogP contribution in [0.1, 0.15) is 5.56 Å². The van der Waals surface area contributed by atoms with Gasteiger partial charge in [0.05, 0.1) is 0 Å². The second-order valence-electron chi connectivity index (χ2n) is 6.46. The van der Waals surface area contributed by atoms with Crippen LogP contribution in [0, 0.1) is 0 Å². The van der Waals surface area contributed by atoms with E-state index in [1.54, 1.807) is 11.9 Å². The first kappa shape index (κ1) is 19.0. The van der Waals surface area contributed by atoms with Crippen LogP contribution in [-0.2, 0) is 17.9 Å². The van der Waals surface area contributed by atoms with E-state index in [1.165, 1.54) is 4.80 Å². The van der Waals surface area contributed by atoms with Crippen LogP contribution in [0.15, 0.2) is 53.0 Å². The van der Waals surface area contributed by atoms with Gasteiger partial charge >= 0.3 is 0 Å². The molecule has 0 radical (unpaired) electrons. The van der Waals surface area contributed by atoms with Crippen LogP contribution in [0.25, 0.3) is 11.4 Å². The van der Waals surface area contributed by atoms with Gasteiger partial charge in [-0.3, -0.25) is 4.79 Å². The van der Waals surface area contributed by atoms with Gasteiger partial charge in [-0.2, -0.15) is 4.80 Å². The molecule has 1 heterocycles. The van der Waals surface area contributed by atoms with E-state index >= 15 is 0 Å². The van der Waals surface area contributed by atoms with E-state index in [0.717, 1.165) is 21.3 Å². The highest BCUT2D eigenvalue weighted by atomic mass is 79.9. The first-order valence-corrected chi connectivity index (χ1v) is 9.25. The molecular weight excluding hydrogens is 408 g/mol. The van der Waals surface area contributed by atoms with Gasteiger partial charge in [-0.1, -0.05) is 28.1 Å². The molecule has 0 N–H and O–H groups in total. The molecule has 0 fully saturated rings. The molecule has 1 aromatic heterocycles. The number of nitrogens with zero attached hydrogens (tertiary/aromatic N) is 6. The molecule has 0 atom stereocenters. The van der Waals surface area contributed by atoms with Crippen molar-refractivity contribution < 1.29 is 4.79 Å². The Morgan fingerprint density at radius 2 is 1.70 bits per heavy atom. The van der Waals surface area contributed by atoms with Gasteiger partial charge in [-0.05, 0) is 47.2 Å². The van der Waals surface area contributed by atoms with Crippen molar-refractivity contribution in [2.45, 2.75) is 13.1 Å². The number of likely N-dealkylation sites (N-methyl/N-ethyl adjacent to an activating group) is 1. The number of benzene rings is 2. The molecule has 3 rings (SSSR count). The normalized spacial score (nSPS) is 10.7. The quantitative estimate of drug-likeness (QED) is 0.603. The van der Waals surface area contributed by atoms with Gasteiger partial charge in [0.25, 0.3) is 0 Å². The number of hydrogen-bond donors (Lipinski definition) is 0. The van der Waals surface area contributed by atoms with Crippen molar-refractivity contribution >= 4 is 27.5 Å². The number of tetrazole rings is 1. The lowest BCUT2D eigenvalue weighted by Crippen LogP contribution is -2.30. The van der Waals surface area contributed by atoms with Crippen molar-refractivity contribution in [3.05, 3.63) is 58.6 Å². The summed E-state index contributed by atoms with van der Waals surface area (Å²) in [5.41, 5.74) is 3.05. The monoisotopic (exact) mass is 428 g/mol. The molecule has 0 aliphatic carbocycles. The lowest BCUT2D eigenvalue weighted by atomic mass is 10.2. The van der Waals surface area contributed by atoms with Crippen molar-refractivity contribution in [1.82, 2.24) is 25.1 Å². The van der Waals surface area contributed by atoms with Gasteiger partial charge in [0.2, 0.25) is 11.7 Å². The van der Waals surface area contributed by atoms with Gasteiger partial charge < -0.3 is 9.80 Å². The SMILES string of the molecule is CN(Cc1ccc(N(C)C)cc1)C(=O)Cn1nnc(-c2ccc(Br)cc2)n1. The highest BCUT2D eigenvalue weighted by Crippen LogP contribution is 2.17. The number of halogens is 1. The number of hydrogen-bond acceptors (Lipinski definition) is 5. The van der Waals surface area contributed by atoms with Crippen molar-refractivity contribution in [2.24, 2.45) is 0 Å². The maximum Gasteiger partial charge on any atom is 0.246 e. The number of anilines is 1. The van der Waals surface area contributed by atoms with Crippen molar-refractivity contribution in [3.63, 3.8) is 0 Å². The van der Waals surface area contributed by atoms with Crippen molar-refractivity contribution in [3.8, 4) is 11.4 Å². The third-order valence-electron chi connectivity index (χ3n) is 4.13. The fourth-order valence-electron chi connectivity index (χ4n) is 2.53. The Balaban J connectivity index is 1.60. The largest absolute Gasteiger partial charge is 0.378 e. The lowest BCUT2D eigenvalue weighted by molar-refractivity contribution is -0.131. The highest BCUT2D eigenvalue weighted by molar-refractivity contribution is 9.10. The Bertz CT molecular complexity index is 905. The van der Waals surface area contributed by atoms with Gasteiger partial charge in [-0.25, -0.2) is 0 Å². The standard InChI is InChI=1S/C19H21BrN6O/c1-24(2)17-10-4-14(5-11-17)12-25(3)18(27)13-26-22-19(21-23-26)15-6-8-16(20)9-7-15/h4-11H,12-13H2,1-3H3. The Morgan fingerprint density at radius 3 is 2.33 bits per heavy atom. The van der Waals surface area contributed by atoms with Gasteiger partial charge in [-0.15, -0.1) is 10.2 Å². The van der Waals surface area contributed by atoms with Crippen LogP contribution >= 0.6 is 15.9 Å². The maximum atomic E-state index is 12.5. The Labute approximate surface area is 166 Å². The smallest absolute Gasteiger partial charge is 0.246 e.